The van der Waals surface area contributed by atoms with Gasteiger partial charge in [0, 0.05) is 25.3 Å². The molecule has 31 heavy (non-hydrogen) atoms. The maximum atomic E-state index is 10.8. The average molecular weight is 545 g/mol. The van der Waals surface area contributed by atoms with Crippen LogP contribution in [-0.2, 0) is 16.9 Å². The van der Waals surface area contributed by atoms with Gasteiger partial charge in [0.25, 0.3) is 0 Å². The van der Waals surface area contributed by atoms with Gasteiger partial charge in [-0.2, -0.15) is 0 Å². The van der Waals surface area contributed by atoms with E-state index in [1.165, 1.54) is 0 Å². The largest absolute Gasteiger partial charge is 0.497 e. The first kappa shape index (κ1) is 27.3. The lowest BCUT2D eigenvalue weighted by molar-refractivity contribution is 0.0656. The Balaban J connectivity index is 0.00000480. The van der Waals surface area contributed by atoms with Gasteiger partial charge in [0.1, 0.15) is 22.9 Å². The van der Waals surface area contributed by atoms with E-state index in [1.54, 1.807) is 14.0 Å². The first-order chi connectivity index (χ1) is 14.4. The van der Waals surface area contributed by atoms with E-state index in [0.29, 0.717) is 19.2 Å². The Bertz CT molecular complexity index is 804. The number of aryl methyl sites for hydroxylation is 2. The molecule has 0 spiro atoms. The number of rotatable bonds is 11. The van der Waals surface area contributed by atoms with Gasteiger partial charge in [-0.05, 0) is 57.9 Å². The monoisotopic (exact) mass is 545 g/mol. The van der Waals surface area contributed by atoms with Crippen LogP contribution in [0.2, 0.25) is 0 Å². The van der Waals surface area contributed by atoms with Crippen molar-refractivity contribution in [2.24, 2.45) is 4.99 Å². The van der Waals surface area contributed by atoms with Crippen LogP contribution >= 0.6 is 24.0 Å². The summed E-state index contributed by atoms with van der Waals surface area (Å²) >= 11 is 0. The minimum atomic E-state index is -1.09. The second-order valence-corrected chi connectivity index (χ2v) is 7.48. The molecule has 0 aliphatic heterocycles. The Hall–Kier alpha value is -1.78. The number of guanidine groups is 1. The summed E-state index contributed by atoms with van der Waals surface area (Å²) in [5.74, 6) is 3.02. The SMILES string of the molecule is CCNC(=NCC(C)(O)c1cc(C)oc1C)NCCCOCc1ccc(OC)cc1.I. The molecular formula is C23H36IN3O4. The Labute approximate surface area is 202 Å². The van der Waals surface area contributed by atoms with Gasteiger partial charge in [-0.1, -0.05) is 12.1 Å². The summed E-state index contributed by atoms with van der Waals surface area (Å²) in [5, 5.41) is 17.3. The number of aliphatic imine (C=N–C) groups is 1. The smallest absolute Gasteiger partial charge is 0.191 e. The van der Waals surface area contributed by atoms with Crippen LogP contribution < -0.4 is 15.4 Å². The van der Waals surface area contributed by atoms with E-state index in [1.807, 2.05) is 51.1 Å². The molecule has 0 saturated carbocycles. The molecule has 1 aromatic heterocycles. The van der Waals surface area contributed by atoms with Crippen LogP contribution in [0, 0.1) is 13.8 Å². The molecule has 8 heteroatoms. The van der Waals surface area contributed by atoms with E-state index in [0.717, 1.165) is 47.9 Å². The fourth-order valence-corrected chi connectivity index (χ4v) is 3.12. The van der Waals surface area contributed by atoms with Gasteiger partial charge >= 0.3 is 0 Å². The van der Waals surface area contributed by atoms with Crippen LogP contribution in [0.25, 0.3) is 0 Å². The predicted octanol–water partition coefficient (Wildman–Crippen LogP) is 3.89. The summed E-state index contributed by atoms with van der Waals surface area (Å²) in [6, 6.07) is 9.73. The highest BCUT2D eigenvalue weighted by atomic mass is 127. The number of nitrogens with zero attached hydrogens (tertiary/aromatic N) is 1. The predicted molar refractivity (Wildman–Crippen MR) is 134 cm³/mol. The summed E-state index contributed by atoms with van der Waals surface area (Å²) in [4.78, 5) is 4.54. The normalized spacial score (nSPS) is 13.3. The topological polar surface area (TPSA) is 88.3 Å². The first-order valence-corrected chi connectivity index (χ1v) is 10.4. The highest BCUT2D eigenvalue weighted by Crippen LogP contribution is 2.27. The maximum Gasteiger partial charge on any atom is 0.191 e. The van der Waals surface area contributed by atoms with Crippen molar-refractivity contribution in [3.05, 3.63) is 53.0 Å². The average Bonchev–Trinajstić information content (AvgIpc) is 3.08. The second-order valence-electron chi connectivity index (χ2n) is 7.48. The molecule has 0 bridgehead atoms. The third kappa shape index (κ3) is 9.08. The highest BCUT2D eigenvalue weighted by molar-refractivity contribution is 14.0. The van der Waals surface area contributed by atoms with Crippen LogP contribution in [0.1, 0.15) is 42.9 Å². The number of hydrogen-bond donors (Lipinski definition) is 3. The lowest BCUT2D eigenvalue weighted by Crippen LogP contribution is -2.39. The molecule has 1 unspecified atom stereocenters. The molecule has 3 N–H and O–H groups in total. The van der Waals surface area contributed by atoms with Crippen LogP contribution in [0.4, 0.5) is 0 Å². The van der Waals surface area contributed by atoms with Crippen LogP contribution in [-0.4, -0.2) is 44.4 Å². The fraction of sp³-hybridized carbons (Fsp3) is 0.522. The summed E-state index contributed by atoms with van der Waals surface area (Å²) in [6.07, 6.45) is 0.844. The van der Waals surface area contributed by atoms with Crippen molar-refractivity contribution < 1.29 is 19.0 Å². The van der Waals surface area contributed by atoms with Crippen molar-refractivity contribution in [2.45, 2.75) is 46.3 Å². The molecule has 0 fully saturated rings. The number of aliphatic hydroxyl groups is 1. The number of methoxy groups -OCH3 is 1. The van der Waals surface area contributed by atoms with Crippen molar-refractivity contribution in [2.75, 3.05) is 33.4 Å². The number of benzene rings is 1. The zero-order valence-corrected chi connectivity index (χ0v) is 21.5. The number of ether oxygens (including phenoxy) is 2. The molecule has 1 aromatic carbocycles. The number of nitrogens with one attached hydrogen (secondary N) is 2. The van der Waals surface area contributed by atoms with Gasteiger partial charge in [-0.25, -0.2) is 4.99 Å². The lowest BCUT2D eigenvalue weighted by Gasteiger charge is -2.21. The van der Waals surface area contributed by atoms with Gasteiger partial charge in [0.15, 0.2) is 5.96 Å². The zero-order valence-electron chi connectivity index (χ0n) is 19.2. The molecule has 174 valence electrons. The van der Waals surface area contributed by atoms with Gasteiger partial charge in [0.2, 0.25) is 0 Å². The van der Waals surface area contributed by atoms with Gasteiger partial charge in [-0.3, -0.25) is 0 Å². The summed E-state index contributed by atoms with van der Waals surface area (Å²) in [6.45, 7) is 10.4. The third-order valence-electron chi connectivity index (χ3n) is 4.70. The van der Waals surface area contributed by atoms with E-state index in [4.69, 9.17) is 13.9 Å². The molecule has 2 rings (SSSR count). The molecule has 2 aromatic rings. The van der Waals surface area contributed by atoms with Crippen molar-refractivity contribution in [3.63, 3.8) is 0 Å². The first-order valence-electron chi connectivity index (χ1n) is 10.4. The highest BCUT2D eigenvalue weighted by Gasteiger charge is 2.27. The Morgan fingerprint density at radius 3 is 2.48 bits per heavy atom. The lowest BCUT2D eigenvalue weighted by atomic mass is 9.96. The standard InChI is InChI=1S/C23H35N3O4.HI/c1-6-24-22(26-16-23(4,27)21-14-17(2)30-18(21)3)25-12-7-13-29-15-19-8-10-20(28-5)11-9-19;/h8-11,14,27H,6-7,12-13,15-16H2,1-5H3,(H2,24,25,26);1H. The molecule has 0 saturated heterocycles. The van der Waals surface area contributed by atoms with E-state index in [9.17, 15) is 5.11 Å². The third-order valence-corrected chi connectivity index (χ3v) is 4.70. The quantitative estimate of drug-likeness (QED) is 0.172. The van der Waals surface area contributed by atoms with Crippen molar-refractivity contribution in [1.29, 1.82) is 0 Å². The van der Waals surface area contributed by atoms with E-state index in [-0.39, 0.29) is 30.5 Å². The zero-order chi connectivity index (χ0) is 22.0. The van der Waals surface area contributed by atoms with E-state index in [2.05, 4.69) is 15.6 Å². The Morgan fingerprint density at radius 1 is 1.19 bits per heavy atom. The van der Waals surface area contributed by atoms with Gasteiger partial charge in [0.05, 0.1) is 20.3 Å². The van der Waals surface area contributed by atoms with E-state index >= 15 is 0 Å². The molecule has 1 heterocycles. The molecule has 7 nitrogen and oxygen atoms in total. The molecule has 0 amide bonds. The maximum absolute atomic E-state index is 10.8. The van der Waals surface area contributed by atoms with Crippen molar-refractivity contribution in [3.8, 4) is 5.75 Å². The van der Waals surface area contributed by atoms with Crippen molar-refractivity contribution in [1.82, 2.24) is 10.6 Å². The molecule has 0 aliphatic rings. The minimum Gasteiger partial charge on any atom is -0.497 e. The summed E-state index contributed by atoms with van der Waals surface area (Å²) in [5.41, 5.74) is 0.795. The van der Waals surface area contributed by atoms with E-state index < -0.39 is 5.60 Å². The number of furan rings is 1. The van der Waals surface area contributed by atoms with Gasteiger partial charge < -0.3 is 29.6 Å². The molecular weight excluding hydrogens is 509 g/mol. The van der Waals surface area contributed by atoms with Crippen LogP contribution in [0.5, 0.6) is 5.75 Å². The molecule has 1 atom stereocenters. The molecule has 0 radical (unpaired) electrons. The number of hydrogen-bond acceptors (Lipinski definition) is 5. The Morgan fingerprint density at radius 2 is 1.90 bits per heavy atom. The summed E-state index contributed by atoms with van der Waals surface area (Å²) < 4.78 is 16.4. The summed E-state index contributed by atoms with van der Waals surface area (Å²) in [7, 11) is 1.66. The van der Waals surface area contributed by atoms with Gasteiger partial charge in [-0.15, -0.1) is 24.0 Å². The second kappa shape index (κ2) is 13.6. The van der Waals surface area contributed by atoms with Crippen molar-refractivity contribution >= 4 is 29.9 Å². The van der Waals surface area contributed by atoms with Crippen LogP contribution in [0.3, 0.4) is 0 Å². The number of halogens is 1. The fourth-order valence-electron chi connectivity index (χ4n) is 3.12. The van der Waals surface area contributed by atoms with Crippen LogP contribution in [0.15, 0.2) is 39.7 Å². The molecule has 0 aliphatic carbocycles. The minimum absolute atomic E-state index is 0. The Kier molecular flexibility index (Phi) is 12.0.